The van der Waals surface area contributed by atoms with Gasteiger partial charge in [0.15, 0.2) is 0 Å². The predicted octanol–water partition coefficient (Wildman–Crippen LogP) is 10.3. The molecular formula is C44H45ClI7N8O4-. The molecule has 20 heteroatoms. The molecule has 0 saturated heterocycles. The third kappa shape index (κ3) is 17.7. The van der Waals surface area contributed by atoms with Crippen LogP contribution in [0.3, 0.4) is 0 Å². The standard InChI is InChI=1S/C22H22N4O2.C16H17N3O2.C6H6ClN.I3.2I2/c1-14(2)28-22(27)25-17-10-19-18-9-15(12-23)6-7-20(18)26(21(19)11-17)13-16-5-3-4-8-24-16;1-9(2)21-16(20)18-11-6-13-12-5-10(8-17)3-4-14(12)19-15(13)7-11;7-5-6-3-1-2-4-8-6;1-3-2;2*1-2/h3-9,14,17H,10-11,13H2,1-2H3,(H,25,27);3-5,9,11,19H,6-7H2,1-2H3,(H,18,20);1-4H,5H2;;;/q;;;-1;;/t17-;11-;;;;/m00..../s1. The van der Waals surface area contributed by atoms with Crippen molar-refractivity contribution in [3.8, 4) is 12.1 Å². The van der Waals surface area contributed by atoms with Crippen molar-refractivity contribution in [2.24, 2.45) is 0 Å². The number of alkyl carbamates (subject to hydrolysis) is 2. The first-order chi connectivity index (χ1) is 31.0. The molecule has 8 rings (SSSR count). The average Bonchev–Trinajstić information content (AvgIpc) is 4.05. The first kappa shape index (κ1) is 57.1. The molecular weight excluding hydrogens is 1630 g/mol. The number of carbonyl (C=O) groups excluding carboxylic acids is 2. The topological polar surface area (TPSA) is 171 Å². The zero-order chi connectivity index (χ0) is 47.2. The van der Waals surface area contributed by atoms with Crippen molar-refractivity contribution >= 4 is 157 Å². The molecule has 64 heavy (non-hydrogen) atoms. The summed E-state index contributed by atoms with van der Waals surface area (Å²) in [4.78, 5) is 35.5. The van der Waals surface area contributed by atoms with Crippen LogP contribution < -0.4 is 23.9 Å². The van der Waals surface area contributed by atoms with Gasteiger partial charge in [0.1, 0.15) is 0 Å². The number of hydrogen-bond acceptors (Lipinski definition) is 8. The number of halogens is 8. The number of benzene rings is 2. The van der Waals surface area contributed by atoms with Crippen molar-refractivity contribution in [3.63, 3.8) is 0 Å². The second-order valence-corrected chi connectivity index (χ2v) is 31.1. The summed E-state index contributed by atoms with van der Waals surface area (Å²) in [6.07, 6.45) is 5.47. The fourth-order valence-corrected chi connectivity index (χ4v) is 7.41. The zero-order valence-electron chi connectivity index (χ0n) is 35.0. The number of amides is 2. The van der Waals surface area contributed by atoms with Crippen LogP contribution in [0.2, 0.25) is 0 Å². The van der Waals surface area contributed by atoms with Crippen molar-refractivity contribution in [2.45, 2.75) is 90.1 Å². The van der Waals surface area contributed by atoms with E-state index >= 15 is 0 Å². The number of alkyl halides is 1. The zero-order valence-corrected chi connectivity index (χ0v) is 50.9. The molecule has 12 nitrogen and oxygen atoms in total. The summed E-state index contributed by atoms with van der Waals surface area (Å²) in [6, 6.07) is 27.4. The summed E-state index contributed by atoms with van der Waals surface area (Å²) in [5.41, 5.74) is 10.0. The number of aromatic amines is 1. The molecule has 0 saturated carbocycles. The van der Waals surface area contributed by atoms with E-state index in [0.29, 0.717) is 36.8 Å². The van der Waals surface area contributed by atoms with Crippen molar-refractivity contribution in [1.29, 1.82) is 10.5 Å². The Bertz CT molecular complexity index is 2480. The van der Waals surface area contributed by atoms with Gasteiger partial charge in [0.25, 0.3) is 0 Å². The number of hydrogen-bond donors (Lipinski definition) is 3. The van der Waals surface area contributed by atoms with Crippen molar-refractivity contribution in [1.82, 2.24) is 30.2 Å². The Balaban J connectivity index is 0.000000265. The van der Waals surface area contributed by atoms with Crippen LogP contribution in [-0.2, 0) is 47.6 Å². The van der Waals surface area contributed by atoms with Crippen LogP contribution >= 0.6 is 123 Å². The number of nitrogens with one attached hydrogen (secondary N) is 3. The molecule has 0 spiro atoms. The molecule has 4 aromatic heterocycles. The van der Waals surface area contributed by atoms with Gasteiger partial charge in [0.05, 0.1) is 59.3 Å². The van der Waals surface area contributed by atoms with Gasteiger partial charge in [-0.25, -0.2) is 9.59 Å². The van der Waals surface area contributed by atoms with Gasteiger partial charge in [-0.05, 0) is 112 Å². The van der Waals surface area contributed by atoms with Gasteiger partial charge in [0, 0.05) is 145 Å². The first-order valence-corrected chi connectivity index (χ1v) is 45.2. The normalized spacial score (nSPS) is 13.9. The quantitative estimate of drug-likeness (QED) is 0.105. The van der Waals surface area contributed by atoms with Crippen LogP contribution in [0.1, 0.15) is 72.7 Å². The van der Waals surface area contributed by atoms with E-state index < -0.39 is 0 Å². The van der Waals surface area contributed by atoms with Gasteiger partial charge in [0.2, 0.25) is 0 Å². The Morgan fingerprint density at radius 3 is 1.80 bits per heavy atom. The van der Waals surface area contributed by atoms with Gasteiger partial charge in [-0.2, -0.15) is 10.5 Å². The Labute approximate surface area is 455 Å². The molecule has 2 amide bonds. The maximum absolute atomic E-state index is 12.0. The molecule has 0 bridgehead atoms. The van der Waals surface area contributed by atoms with Crippen LogP contribution in [0.4, 0.5) is 9.59 Å². The van der Waals surface area contributed by atoms with Gasteiger partial charge >= 0.3 is 62.7 Å². The Morgan fingerprint density at radius 1 is 0.781 bits per heavy atom. The van der Waals surface area contributed by atoms with Crippen molar-refractivity contribution in [3.05, 3.63) is 130 Å². The molecule has 0 radical (unpaired) electrons. The van der Waals surface area contributed by atoms with Crippen LogP contribution in [0.5, 0.6) is 0 Å². The number of aromatic nitrogens is 4. The van der Waals surface area contributed by atoms with Crippen LogP contribution in [0.25, 0.3) is 21.8 Å². The molecule has 2 aliphatic rings. The minimum absolute atomic E-state index is 0.0126. The van der Waals surface area contributed by atoms with E-state index in [2.05, 4.69) is 154 Å². The number of pyridine rings is 2. The molecule has 4 heterocycles. The van der Waals surface area contributed by atoms with E-state index in [-0.39, 0.29) is 36.5 Å². The summed E-state index contributed by atoms with van der Waals surface area (Å²) in [7, 11) is 0. The van der Waals surface area contributed by atoms with E-state index in [1.54, 1.807) is 12.4 Å². The van der Waals surface area contributed by atoms with Gasteiger partial charge in [-0.3, -0.25) is 9.97 Å². The van der Waals surface area contributed by atoms with E-state index in [0.717, 1.165) is 64.6 Å². The molecule has 6 aromatic rings. The third-order valence-electron chi connectivity index (χ3n) is 9.57. The van der Waals surface area contributed by atoms with Crippen LogP contribution in [0.15, 0.2) is 85.2 Å². The Morgan fingerprint density at radius 2 is 1.30 bits per heavy atom. The molecule has 2 aromatic carbocycles. The van der Waals surface area contributed by atoms with Crippen molar-refractivity contribution in [2.75, 3.05) is 0 Å². The van der Waals surface area contributed by atoms with E-state index in [4.69, 9.17) is 26.3 Å². The summed E-state index contributed by atoms with van der Waals surface area (Å²) in [6.45, 7) is 7.98. The van der Waals surface area contributed by atoms with E-state index in [1.807, 2.05) is 100 Å². The summed E-state index contributed by atoms with van der Waals surface area (Å²) >= 11 is 19.2. The fourth-order valence-electron chi connectivity index (χ4n) is 7.25. The summed E-state index contributed by atoms with van der Waals surface area (Å²) < 4.78 is 12.6. The van der Waals surface area contributed by atoms with Crippen LogP contribution in [0, 0.1) is 22.7 Å². The molecule has 342 valence electrons. The average molecular weight is 1670 g/mol. The number of ether oxygens (including phenoxy) is 2. The number of rotatable bonds is 7. The fraction of sp³-hybridized carbons (Fsp3) is 0.318. The number of nitrogens with zero attached hydrogens (tertiary/aromatic N) is 5. The molecule has 0 fully saturated rings. The van der Waals surface area contributed by atoms with Crippen molar-refractivity contribution < 1.29 is 32.3 Å². The number of H-pyrrole nitrogens is 1. The van der Waals surface area contributed by atoms with E-state index in [9.17, 15) is 14.9 Å². The SMILES string of the molecule is CC(C)OC(=O)N[C@@H]1Cc2[nH]c3ccc(C#N)cc3c2C1.CC(C)OC(=O)N[C@H]1Cc2c(n(Cc3ccccn3)c3ccc(C#N)cc23)C1.ClCc1ccccn1.II.II.I[I-]I. The Kier molecular flexibility index (Phi) is 27.6. The first-order valence-electron chi connectivity index (χ1n) is 19.5. The van der Waals surface area contributed by atoms with Gasteiger partial charge in [-0.1, -0.05) is 12.1 Å². The second-order valence-electron chi connectivity index (χ2n) is 14.5. The van der Waals surface area contributed by atoms with Gasteiger partial charge < -0.3 is 29.7 Å². The molecule has 3 N–H and O–H groups in total. The molecule has 2 aliphatic carbocycles. The summed E-state index contributed by atoms with van der Waals surface area (Å²) in [5.74, 6) is 0.501. The maximum atomic E-state index is 12.0. The Hall–Kier alpha value is -1.26. The number of nitriles is 2. The summed E-state index contributed by atoms with van der Waals surface area (Å²) in [5, 5.41) is 26.3. The monoisotopic (exact) mass is 1670 g/mol. The predicted molar refractivity (Wildman–Crippen MR) is 303 cm³/mol. The molecule has 0 aliphatic heterocycles. The number of fused-ring (bicyclic) bond motifs is 6. The molecule has 2 atom stereocenters. The molecule has 0 unspecified atom stereocenters. The minimum atomic E-state index is -0.386. The second kappa shape index (κ2) is 31.0. The third-order valence-corrected chi connectivity index (χ3v) is 9.84. The van der Waals surface area contributed by atoms with E-state index in [1.165, 1.54) is 16.8 Å². The van der Waals surface area contributed by atoms with Gasteiger partial charge in [-0.15, -0.1) is 11.6 Å². The van der Waals surface area contributed by atoms with Crippen LogP contribution in [-0.4, -0.2) is 56.0 Å². The number of carbonyl (C=O) groups is 2.